The van der Waals surface area contributed by atoms with E-state index in [2.05, 4.69) is 15.5 Å². The molecule has 2 N–H and O–H groups in total. The second kappa shape index (κ2) is 6.50. The van der Waals surface area contributed by atoms with Crippen LogP contribution in [-0.4, -0.2) is 62.3 Å². The van der Waals surface area contributed by atoms with Crippen LogP contribution >= 0.6 is 0 Å². The van der Waals surface area contributed by atoms with Crippen molar-refractivity contribution < 1.29 is 9.53 Å². The number of ether oxygens (including phenoxy) is 1. The number of methoxy groups -OCH3 is 1. The first kappa shape index (κ1) is 13.8. The lowest BCUT2D eigenvalue weighted by Crippen LogP contribution is -2.48. The number of likely N-dealkylation sites (tertiary alicyclic amines) is 1. The average Bonchev–Trinajstić information content (AvgIpc) is 3.11. The maximum atomic E-state index is 11.8. The van der Waals surface area contributed by atoms with Gasteiger partial charge in [0.1, 0.15) is 0 Å². The second-order valence-electron chi connectivity index (χ2n) is 5.38. The van der Waals surface area contributed by atoms with Crippen molar-refractivity contribution in [1.82, 2.24) is 15.5 Å². The van der Waals surface area contributed by atoms with Gasteiger partial charge < -0.3 is 15.4 Å². The highest BCUT2D eigenvalue weighted by Gasteiger charge is 2.34. The van der Waals surface area contributed by atoms with Crippen molar-refractivity contribution in [3.05, 3.63) is 0 Å². The highest BCUT2D eigenvalue weighted by molar-refractivity contribution is 5.81. The van der Waals surface area contributed by atoms with E-state index in [4.69, 9.17) is 4.74 Å². The number of nitrogens with one attached hydrogen (secondary N) is 2. The van der Waals surface area contributed by atoms with Crippen molar-refractivity contribution in [2.75, 3.05) is 33.4 Å². The Kier molecular flexibility index (Phi) is 4.97. The van der Waals surface area contributed by atoms with Crippen LogP contribution in [0, 0.1) is 0 Å². The Balaban J connectivity index is 1.64. The fraction of sp³-hybridized carbons (Fsp3) is 0.923. The predicted molar refractivity (Wildman–Crippen MR) is 70.5 cm³/mol. The molecule has 2 unspecified atom stereocenters. The SMILES string of the molecule is COCCNC(=O)C(C)NC1CCN(C2CC2)C1. The second-order valence-corrected chi connectivity index (χ2v) is 5.38. The van der Waals surface area contributed by atoms with Gasteiger partial charge in [-0.25, -0.2) is 0 Å². The van der Waals surface area contributed by atoms with E-state index in [1.54, 1.807) is 7.11 Å². The Morgan fingerprint density at radius 3 is 2.89 bits per heavy atom. The third-order valence-corrected chi connectivity index (χ3v) is 3.77. The molecule has 2 atom stereocenters. The van der Waals surface area contributed by atoms with Crippen LogP contribution < -0.4 is 10.6 Å². The Morgan fingerprint density at radius 1 is 1.44 bits per heavy atom. The number of amides is 1. The van der Waals surface area contributed by atoms with Crippen molar-refractivity contribution in [2.24, 2.45) is 0 Å². The predicted octanol–water partition coefficient (Wildman–Crippen LogP) is -0.0362. The minimum atomic E-state index is -0.119. The first-order chi connectivity index (χ1) is 8.70. The van der Waals surface area contributed by atoms with Gasteiger partial charge in [-0.15, -0.1) is 0 Å². The molecule has 1 aliphatic carbocycles. The topological polar surface area (TPSA) is 53.6 Å². The molecule has 1 heterocycles. The molecule has 1 aliphatic heterocycles. The molecule has 2 fully saturated rings. The molecule has 104 valence electrons. The van der Waals surface area contributed by atoms with Crippen LogP contribution in [0.2, 0.25) is 0 Å². The summed E-state index contributed by atoms with van der Waals surface area (Å²) in [7, 11) is 1.64. The van der Waals surface area contributed by atoms with Gasteiger partial charge in [-0.1, -0.05) is 0 Å². The molecule has 0 radical (unpaired) electrons. The van der Waals surface area contributed by atoms with Crippen molar-refractivity contribution in [3.8, 4) is 0 Å². The Hall–Kier alpha value is -0.650. The minimum Gasteiger partial charge on any atom is -0.383 e. The van der Waals surface area contributed by atoms with Gasteiger partial charge in [0.2, 0.25) is 5.91 Å². The largest absolute Gasteiger partial charge is 0.383 e. The number of hydrogen-bond donors (Lipinski definition) is 2. The number of hydrogen-bond acceptors (Lipinski definition) is 4. The first-order valence-electron chi connectivity index (χ1n) is 6.97. The molecule has 1 saturated heterocycles. The van der Waals surface area contributed by atoms with Gasteiger partial charge >= 0.3 is 0 Å². The average molecular weight is 255 g/mol. The van der Waals surface area contributed by atoms with E-state index in [9.17, 15) is 4.79 Å². The van der Waals surface area contributed by atoms with E-state index in [-0.39, 0.29) is 11.9 Å². The summed E-state index contributed by atoms with van der Waals surface area (Å²) in [4.78, 5) is 14.3. The quantitative estimate of drug-likeness (QED) is 0.627. The van der Waals surface area contributed by atoms with Crippen molar-refractivity contribution in [2.45, 2.75) is 44.3 Å². The fourth-order valence-corrected chi connectivity index (χ4v) is 2.55. The molecule has 0 bridgehead atoms. The van der Waals surface area contributed by atoms with E-state index in [1.807, 2.05) is 6.92 Å². The molecule has 5 heteroatoms. The van der Waals surface area contributed by atoms with Gasteiger partial charge in [0.25, 0.3) is 0 Å². The minimum absolute atomic E-state index is 0.0666. The summed E-state index contributed by atoms with van der Waals surface area (Å²) < 4.78 is 4.91. The molecule has 0 aromatic rings. The third-order valence-electron chi connectivity index (χ3n) is 3.77. The maximum Gasteiger partial charge on any atom is 0.236 e. The van der Waals surface area contributed by atoms with Crippen molar-refractivity contribution in [1.29, 1.82) is 0 Å². The molecule has 5 nitrogen and oxygen atoms in total. The van der Waals surface area contributed by atoms with Crippen LogP contribution in [-0.2, 0) is 9.53 Å². The van der Waals surface area contributed by atoms with Crippen LogP contribution in [0.15, 0.2) is 0 Å². The van der Waals surface area contributed by atoms with E-state index in [1.165, 1.54) is 19.4 Å². The van der Waals surface area contributed by atoms with Crippen LogP contribution in [0.3, 0.4) is 0 Å². The first-order valence-corrected chi connectivity index (χ1v) is 6.97. The highest BCUT2D eigenvalue weighted by atomic mass is 16.5. The molecule has 1 amide bonds. The summed E-state index contributed by atoms with van der Waals surface area (Å²) in [6, 6.07) is 1.18. The van der Waals surface area contributed by atoms with Gasteiger partial charge in [0.05, 0.1) is 12.6 Å². The molecule has 18 heavy (non-hydrogen) atoms. The summed E-state index contributed by atoms with van der Waals surface area (Å²) in [6.45, 7) is 5.36. The molecular formula is C13H25N3O2. The lowest BCUT2D eigenvalue weighted by atomic mass is 10.2. The van der Waals surface area contributed by atoms with Gasteiger partial charge in [-0.2, -0.15) is 0 Å². The number of carbonyl (C=O) groups is 1. The number of carbonyl (C=O) groups excluding carboxylic acids is 1. The van der Waals surface area contributed by atoms with Crippen LogP contribution in [0.5, 0.6) is 0 Å². The van der Waals surface area contributed by atoms with Gasteiger partial charge in [0.15, 0.2) is 0 Å². The van der Waals surface area contributed by atoms with Gasteiger partial charge in [-0.05, 0) is 26.2 Å². The third kappa shape index (κ3) is 3.93. The summed E-state index contributed by atoms with van der Waals surface area (Å²) in [6.07, 6.45) is 3.88. The number of rotatable bonds is 7. The molecule has 0 aromatic heterocycles. The maximum absolute atomic E-state index is 11.8. The van der Waals surface area contributed by atoms with E-state index in [0.717, 1.165) is 19.0 Å². The molecular weight excluding hydrogens is 230 g/mol. The Labute approximate surface area is 109 Å². The number of nitrogens with zero attached hydrogens (tertiary/aromatic N) is 1. The van der Waals surface area contributed by atoms with E-state index >= 15 is 0 Å². The zero-order valence-corrected chi connectivity index (χ0v) is 11.4. The molecule has 2 rings (SSSR count). The normalized spacial score (nSPS) is 26.2. The monoisotopic (exact) mass is 255 g/mol. The van der Waals surface area contributed by atoms with Gasteiger partial charge in [0, 0.05) is 38.8 Å². The fourth-order valence-electron chi connectivity index (χ4n) is 2.55. The Bertz CT molecular complexity index is 281. The Morgan fingerprint density at radius 2 is 2.22 bits per heavy atom. The standard InChI is InChI=1S/C13H25N3O2/c1-10(13(17)14-6-8-18-2)15-11-5-7-16(9-11)12-3-4-12/h10-12,15H,3-9H2,1-2H3,(H,14,17). The van der Waals surface area contributed by atoms with E-state index in [0.29, 0.717) is 19.2 Å². The van der Waals surface area contributed by atoms with Gasteiger partial charge in [-0.3, -0.25) is 9.69 Å². The van der Waals surface area contributed by atoms with E-state index < -0.39 is 0 Å². The van der Waals surface area contributed by atoms with Crippen molar-refractivity contribution in [3.63, 3.8) is 0 Å². The zero-order chi connectivity index (χ0) is 13.0. The lowest BCUT2D eigenvalue weighted by Gasteiger charge is -2.20. The summed E-state index contributed by atoms with van der Waals surface area (Å²) >= 11 is 0. The molecule has 0 spiro atoms. The van der Waals surface area contributed by atoms with Crippen LogP contribution in [0.4, 0.5) is 0 Å². The van der Waals surface area contributed by atoms with Crippen LogP contribution in [0.25, 0.3) is 0 Å². The molecule has 0 aromatic carbocycles. The zero-order valence-electron chi connectivity index (χ0n) is 11.4. The highest BCUT2D eigenvalue weighted by Crippen LogP contribution is 2.29. The molecule has 1 saturated carbocycles. The summed E-state index contributed by atoms with van der Waals surface area (Å²) in [5, 5.41) is 6.29. The van der Waals surface area contributed by atoms with Crippen molar-refractivity contribution >= 4 is 5.91 Å². The smallest absolute Gasteiger partial charge is 0.236 e. The summed E-state index contributed by atoms with van der Waals surface area (Å²) in [5.41, 5.74) is 0. The summed E-state index contributed by atoms with van der Waals surface area (Å²) in [5.74, 6) is 0.0666. The lowest BCUT2D eigenvalue weighted by molar-refractivity contribution is -0.123. The van der Waals surface area contributed by atoms with Crippen LogP contribution in [0.1, 0.15) is 26.2 Å². The molecule has 2 aliphatic rings.